The molecule has 2 fully saturated rings. The molecule has 10 nitrogen and oxygen atoms in total. The van der Waals surface area contributed by atoms with Crippen molar-refractivity contribution in [3.63, 3.8) is 0 Å². The van der Waals surface area contributed by atoms with Gasteiger partial charge in [0, 0.05) is 43.0 Å². The van der Waals surface area contributed by atoms with Crippen LogP contribution in [-0.2, 0) is 9.59 Å². The number of benzene rings is 1. The summed E-state index contributed by atoms with van der Waals surface area (Å²) in [6, 6.07) is 1.90. The minimum atomic E-state index is -0.855. The molecule has 1 saturated carbocycles. The first kappa shape index (κ1) is 26.1. The smallest absolute Gasteiger partial charge is 0.225 e. The van der Waals surface area contributed by atoms with E-state index in [2.05, 4.69) is 20.6 Å². The van der Waals surface area contributed by atoms with Crippen molar-refractivity contribution in [2.75, 3.05) is 23.7 Å². The third kappa shape index (κ3) is 5.35. The van der Waals surface area contributed by atoms with Crippen LogP contribution in [0.1, 0.15) is 51.5 Å². The van der Waals surface area contributed by atoms with E-state index in [1.165, 1.54) is 0 Å². The number of piperidine rings is 1. The van der Waals surface area contributed by atoms with E-state index in [1.54, 1.807) is 18.0 Å². The van der Waals surface area contributed by atoms with E-state index in [9.17, 15) is 18.4 Å². The van der Waals surface area contributed by atoms with Crippen LogP contribution in [0.2, 0.25) is 5.02 Å². The number of imidazole rings is 1. The first-order valence-corrected chi connectivity index (χ1v) is 13.0. The summed E-state index contributed by atoms with van der Waals surface area (Å²) in [6.07, 6.45) is 5.69. The lowest BCUT2D eigenvalue weighted by Gasteiger charge is -2.32. The lowest BCUT2D eigenvalue weighted by atomic mass is 9.85. The molecule has 202 valence electrons. The predicted molar refractivity (Wildman–Crippen MR) is 139 cm³/mol. The Labute approximate surface area is 223 Å². The number of halogens is 3. The van der Waals surface area contributed by atoms with E-state index in [-0.39, 0.29) is 46.5 Å². The van der Waals surface area contributed by atoms with Gasteiger partial charge < -0.3 is 21.3 Å². The van der Waals surface area contributed by atoms with E-state index < -0.39 is 11.6 Å². The minimum absolute atomic E-state index is 0.0117. The summed E-state index contributed by atoms with van der Waals surface area (Å²) in [5.74, 6) is -1.66. The molecule has 38 heavy (non-hydrogen) atoms. The highest BCUT2D eigenvalue weighted by Crippen LogP contribution is 2.37. The lowest BCUT2D eigenvalue weighted by molar-refractivity contribution is -0.129. The van der Waals surface area contributed by atoms with Gasteiger partial charge in [-0.1, -0.05) is 11.6 Å². The highest BCUT2D eigenvalue weighted by Gasteiger charge is 2.30. The van der Waals surface area contributed by atoms with Gasteiger partial charge in [0.05, 0.1) is 6.20 Å². The number of carbonyl (C=O) groups is 2. The van der Waals surface area contributed by atoms with Gasteiger partial charge >= 0.3 is 0 Å². The Morgan fingerprint density at radius 3 is 2.47 bits per heavy atom. The molecule has 1 aliphatic carbocycles. The second kappa shape index (κ2) is 10.7. The van der Waals surface area contributed by atoms with Crippen LogP contribution in [-0.4, -0.2) is 55.4 Å². The first-order chi connectivity index (χ1) is 18.2. The Bertz CT molecular complexity index is 1350. The Balaban J connectivity index is 1.50. The molecule has 1 aliphatic heterocycles. The molecule has 1 saturated heterocycles. The number of hydrogen-bond donors (Lipinski definition) is 3. The molecule has 3 heterocycles. The highest BCUT2D eigenvalue weighted by molar-refractivity contribution is 6.30. The quantitative estimate of drug-likeness (QED) is 0.423. The van der Waals surface area contributed by atoms with Crippen LogP contribution in [0.15, 0.2) is 18.3 Å². The SMILES string of the molecule is CC(=O)N1CCC[C@@H](Nc2ncc3nc(Nc4c(F)cc(Cl)cc4F)n([C@H]4CC[C@H](C(N)=O)CC4)c3n2)C1. The number of anilines is 3. The average molecular weight is 547 g/mol. The number of amides is 2. The van der Waals surface area contributed by atoms with Crippen molar-refractivity contribution in [2.24, 2.45) is 11.7 Å². The number of nitrogens with two attached hydrogens (primary N) is 1. The number of hydrogen-bond acceptors (Lipinski definition) is 7. The van der Waals surface area contributed by atoms with Crippen molar-refractivity contribution in [3.8, 4) is 0 Å². The standard InChI is InChI=1S/C25H29ClF2N8O2/c1-13(37)35-8-2-3-16(12-35)31-24-30-11-20-23(34-24)36(17-6-4-14(5-7-17)22(29)38)25(32-20)33-21-18(27)9-15(26)10-19(21)28/h9-11,14,16-17H,2-8,12H2,1H3,(H2,29,38)(H,32,33)(H,30,31,34)/t14-,16-,17-/m1/s1. The third-order valence-corrected chi connectivity index (χ3v) is 7.56. The molecular weight excluding hydrogens is 518 g/mol. The molecule has 0 spiro atoms. The van der Waals surface area contributed by atoms with Gasteiger partial charge in [-0.25, -0.2) is 18.7 Å². The van der Waals surface area contributed by atoms with E-state index in [1.807, 2.05) is 4.57 Å². The van der Waals surface area contributed by atoms with Gasteiger partial charge in [0.2, 0.25) is 23.7 Å². The predicted octanol–water partition coefficient (Wildman–Crippen LogP) is 4.14. The maximum atomic E-state index is 14.6. The first-order valence-electron chi connectivity index (χ1n) is 12.7. The molecule has 13 heteroatoms. The van der Waals surface area contributed by atoms with Gasteiger partial charge in [-0.05, 0) is 50.7 Å². The Hall–Kier alpha value is -3.54. The average Bonchev–Trinajstić information content (AvgIpc) is 3.23. The Morgan fingerprint density at radius 1 is 1.11 bits per heavy atom. The van der Waals surface area contributed by atoms with Crippen molar-refractivity contribution in [1.82, 2.24) is 24.4 Å². The van der Waals surface area contributed by atoms with Crippen LogP contribution in [0, 0.1) is 17.6 Å². The molecular formula is C25H29ClF2N8O2. The fourth-order valence-electron chi connectivity index (χ4n) is 5.35. The number of nitrogens with zero attached hydrogens (tertiary/aromatic N) is 5. The van der Waals surface area contributed by atoms with E-state index in [0.29, 0.717) is 49.3 Å². The number of fused-ring (bicyclic) bond motifs is 1. The number of carbonyl (C=O) groups excluding carboxylic acids is 2. The summed E-state index contributed by atoms with van der Waals surface area (Å²) in [4.78, 5) is 39.0. The molecule has 2 aromatic heterocycles. The van der Waals surface area contributed by atoms with Crippen molar-refractivity contribution < 1.29 is 18.4 Å². The Kier molecular flexibility index (Phi) is 7.33. The number of nitrogens with one attached hydrogen (secondary N) is 2. The molecule has 2 amide bonds. The van der Waals surface area contributed by atoms with Gasteiger partial charge in [-0.3, -0.25) is 14.2 Å². The second-order valence-electron chi connectivity index (χ2n) is 9.93. The molecule has 0 bridgehead atoms. The van der Waals surface area contributed by atoms with E-state index in [0.717, 1.165) is 31.5 Å². The molecule has 3 aromatic rings. The van der Waals surface area contributed by atoms with Gasteiger partial charge in [0.15, 0.2) is 17.3 Å². The van der Waals surface area contributed by atoms with Gasteiger partial charge in [-0.15, -0.1) is 0 Å². The molecule has 0 unspecified atom stereocenters. The summed E-state index contributed by atoms with van der Waals surface area (Å²) in [6.45, 7) is 2.83. The molecule has 5 rings (SSSR count). The van der Waals surface area contributed by atoms with Crippen molar-refractivity contribution in [2.45, 2.75) is 57.5 Å². The summed E-state index contributed by atoms with van der Waals surface area (Å²) in [7, 11) is 0. The van der Waals surface area contributed by atoms with Crippen molar-refractivity contribution in [3.05, 3.63) is 35.0 Å². The van der Waals surface area contributed by atoms with E-state index >= 15 is 0 Å². The van der Waals surface area contributed by atoms with Crippen LogP contribution < -0.4 is 16.4 Å². The fraction of sp³-hybridized carbons (Fsp3) is 0.480. The van der Waals surface area contributed by atoms with Crippen LogP contribution in [0.25, 0.3) is 11.2 Å². The molecule has 1 aromatic carbocycles. The number of primary amides is 1. The van der Waals surface area contributed by atoms with Crippen LogP contribution in [0.5, 0.6) is 0 Å². The van der Waals surface area contributed by atoms with Crippen molar-refractivity contribution >= 4 is 52.2 Å². The zero-order valence-electron chi connectivity index (χ0n) is 20.9. The Morgan fingerprint density at radius 2 is 1.82 bits per heavy atom. The molecule has 2 aliphatic rings. The van der Waals surface area contributed by atoms with Gasteiger partial charge in [-0.2, -0.15) is 4.98 Å². The van der Waals surface area contributed by atoms with Crippen LogP contribution in [0.4, 0.5) is 26.4 Å². The highest BCUT2D eigenvalue weighted by atomic mass is 35.5. The topological polar surface area (TPSA) is 131 Å². The van der Waals surface area contributed by atoms with E-state index in [4.69, 9.17) is 22.3 Å². The largest absolute Gasteiger partial charge is 0.369 e. The van der Waals surface area contributed by atoms with Gasteiger partial charge in [0.25, 0.3) is 0 Å². The van der Waals surface area contributed by atoms with Gasteiger partial charge in [0.1, 0.15) is 11.2 Å². The maximum absolute atomic E-state index is 14.6. The van der Waals surface area contributed by atoms with Crippen LogP contribution in [0.3, 0.4) is 0 Å². The van der Waals surface area contributed by atoms with Crippen LogP contribution >= 0.6 is 11.6 Å². The third-order valence-electron chi connectivity index (χ3n) is 7.34. The number of rotatable bonds is 6. The lowest BCUT2D eigenvalue weighted by Crippen LogP contribution is -2.44. The normalized spacial score (nSPS) is 21.9. The minimum Gasteiger partial charge on any atom is -0.369 e. The zero-order valence-corrected chi connectivity index (χ0v) is 21.6. The molecule has 4 N–H and O–H groups in total. The summed E-state index contributed by atoms with van der Waals surface area (Å²) in [5, 5.41) is 6.06. The summed E-state index contributed by atoms with van der Waals surface area (Å²) in [5.41, 5.74) is 6.07. The summed E-state index contributed by atoms with van der Waals surface area (Å²) >= 11 is 5.79. The maximum Gasteiger partial charge on any atom is 0.225 e. The summed E-state index contributed by atoms with van der Waals surface area (Å²) < 4.78 is 31.1. The second-order valence-corrected chi connectivity index (χ2v) is 10.4. The van der Waals surface area contributed by atoms with Crippen molar-refractivity contribution in [1.29, 1.82) is 0 Å². The number of aromatic nitrogens is 4. The fourth-order valence-corrected chi connectivity index (χ4v) is 5.54. The zero-order chi connectivity index (χ0) is 27.0. The number of likely N-dealkylation sites (tertiary alicyclic amines) is 1. The molecule has 1 atom stereocenters. The molecule has 0 radical (unpaired) electrons. The monoisotopic (exact) mass is 546 g/mol.